The van der Waals surface area contributed by atoms with E-state index in [0.29, 0.717) is 6.42 Å². The summed E-state index contributed by atoms with van der Waals surface area (Å²) in [7, 11) is 0. The number of hydrogen-bond acceptors (Lipinski definition) is 4. The van der Waals surface area contributed by atoms with Gasteiger partial charge in [-0.2, -0.15) is 5.26 Å². The van der Waals surface area contributed by atoms with Crippen LogP contribution in [0.4, 0.5) is 0 Å². The Balaban J connectivity index is 2.34. The van der Waals surface area contributed by atoms with E-state index in [1.54, 1.807) is 6.08 Å². The first-order chi connectivity index (χ1) is 6.22. The number of rotatable bonds is 2. The first-order valence-electron chi connectivity index (χ1n) is 4.07. The summed E-state index contributed by atoms with van der Waals surface area (Å²) in [5, 5.41) is 8.55. The zero-order valence-electron chi connectivity index (χ0n) is 7.40. The summed E-state index contributed by atoms with van der Waals surface area (Å²) in [5.41, 5.74) is 0. The van der Waals surface area contributed by atoms with E-state index in [0.717, 1.165) is 0 Å². The number of nitriles is 1. The summed E-state index contributed by atoms with van der Waals surface area (Å²) in [5.74, 6) is -0.327. The minimum atomic E-state index is -0.505. The third-order valence-electron chi connectivity index (χ3n) is 1.65. The number of ether oxygens (including phenoxy) is 2. The molecular formula is C9H11NO3. The first kappa shape index (κ1) is 9.75. The lowest BCUT2D eigenvalue weighted by Crippen LogP contribution is -2.27. The molecule has 70 valence electrons. The van der Waals surface area contributed by atoms with Crippen molar-refractivity contribution in [2.45, 2.75) is 25.6 Å². The van der Waals surface area contributed by atoms with Crippen molar-refractivity contribution in [2.75, 3.05) is 6.61 Å². The van der Waals surface area contributed by atoms with E-state index in [1.165, 1.54) is 6.92 Å². The highest BCUT2D eigenvalue weighted by Gasteiger charge is 2.18. The highest BCUT2D eigenvalue weighted by molar-refractivity contribution is 5.65. The van der Waals surface area contributed by atoms with E-state index < -0.39 is 6.10 Å². The van der Waals surface area contributed by atoms with Crippen LogP contribution in [0, 0.1) is 11.3 Å². The highest BCUT2D eigenvalue weighted by Crippen LogP contribution is 2.11. The number of nitrogens with zero attached hydrogens (tertiary/aromatic N) is 1. The van der Waals surface area contributed by atoms with Crippen molar-refractivity contribution < 1.29 is 14.3 Å². The molecule has 13 heavy (non-hydrogen) atoms. The van der Waals surface area contributed by atoms with E-state index in [1.807, 2.05) is 12.1 Å². The fourth-order valence-electron chi connectivity index (χ4n) is 1.05. The lowest BCUT2D eigenvalue weighted by Gasteiger charge is -2.21. The Labute approximate surface area is 76.7 Å². The van der Waals surface area contributed by atoms with Crippen LogP contribution in [0.15, 0.2) is 12.2 Å². The van der Waals surface area contributed by atoms with Crippen LogP contribution < -0.4 is 0 Å². The Morgan fingerprint density at radius 2 is 2.62 bits per heavy atom. The van der Waals surface area contributed by atoms with Crippen LogP contribution in [0.5, 0.6) is 0 Å². The van der Waals surface area contributed by atoms with Crippen molar-refractivity contribution in [3.8, 4) is 6.07 Å². The van der Waals surface area contributed by atoms with Gasteiger partial charge in [0.2, 0.25) is 0 Å². The molecule has 0 N–H and O–H groups in total. The fraction of sp³-hybridized carbons (Fsp3) is 0.556. The molecule has 1 rings (SSSR count). The lowest BCUT2D eigenvalue weighted by atomic mass is 10.1. The van der Waals surface area contributed by atoms with E-state index in [2.05, 4.69) is 0 Å². The molecule has 1 aliphatic heterocycles. The van der Waals surface area contributed by atoms with Crippen LogP contribution >= 0.6 is 0 Å². The molecule has 0 aromatic heterocycles. The van der Waals surface area contributed by atoms with Crippen LogP contribution in [-0.2, 0) is 14.3 Å². The van der Waals surface area contributed by atoms with Crippen LogP contribution in [0.1, 0.15) is 13.3 Å². The molecule has 2 unspecified atom stereocenters. The van der Waals surface area contributed by atoms with Crippen molar-refractivity contribution in [3.63, 3.8) is 0 Å². The maximum Gasteiger partial charge on any atom is 0.302 e. The molecule has 1 aliphatic rings. The van der Waals surface area contributed by atoms with Gasteiger partial charge in [-0.1, -0.05) is 6.08 Å². The third-order valence-corrected chi connectivity index (χ3v) is 1.65. The second-order valence-corrected chi connectivity index (χ2v) is 2.77. The van der Waals surface area contributed by atoms with Crippen molar-refractivity contribution in [3.05, 3.63) is 12.2 Å². The van der Waals surface area contributed by atoms with E-state index in [4.69, 9.17) is 14.7 Å². The van der Waals surface area contributed by atoms with Crippen molar-refractivity contribution in [2.24, 2.45) is 0 Å². The van der Waals surface area contributed by atoms with Gasteiger partial charge in [-0.3, -0.25) is 4.79 Å². The minimum absolute atomic E-state index is 0.182. The quantitative estimate of drug-likeness (QED) is 0.466. The van der Waals surface area contributed by atoms with Gasteiger partial charge in [0.15, 0.2) is 6.10 Å². The smallest absolute Gasteiger partial charge is 0.302 e. The summed E-state index contributed by atoms with van der Waals surface area (Å²) in [6.45, 7) is 1.57. The van der Waals surface area contributed by atoms with Gasteiger partial charge in [0, 0.05) is 6.92 Å². The third kappa shape index (κ3) is 3.26. The second-order valence-electron chi connectivity index (χ2n) is 2.77. The monoisotopic (exact) mass is 181 g/mol. The topological polar surface area (TPSA) is 59.3 Å². The Hall–Kier alpha value is -1.34. The van der Waals surface area contributed by atoms with Crippen molar-refractivity contribution in [1.82, 2.24) is 0 Å². The number of hydrogen-bond donors (Lipinski definition) is 0. The number of carbonyl (C=O) groups is 1. The molecular weight excluding hydrogens is 170 g/mol. The fourth-order valence-corrected chi connectivity index (χ4v) is 1.05. The molecule has 0 bridgehead atoms. The SMILES string of the molecule is CC(=O)OCC1CC=CC(C#N)O1. The zero-order chi connectivity index (χ0) is 9.68. The molecule has 1 heterocycles. The predicted molar refractivity (Wildman–Crippen MR) is 44.7 cm³/mol. The summed E-state index contributed by atoms with van der Waals surface area (Å²) >= 11 is 0. The van der Waals surface area contributed by atoms with Gasteiger partial charge in [0.05, 0.1) is 12.2 Å². The zero-order valence-corrected chi connectivity index (χ0v) is 7.40. The molecule has 0 amide bonds. The van der Waals surface area contributed by atoms with Crippen molar-refractivity contribution in [1.29, 1.82) is 5.26 Å². The average molecular weight is 181 g/mol. The normalized spacial score (nSPS) is 26.5. The Kier molecular flexibility index (Phi) is 3.47. The second kappa shape index (κ2) is 4.63. The molecule has 0 radical (unpaired) electrons. The lowest BCUT2D eigenvalue weighted by molar-refractivity contribution is -0.145. The molecule has 4 heteroatoms. The summed E-state index contributed by atoms with van der Waals surface area (Å²) < 4.78 is 10.0. The van der Waals surface area contributed by atoms with Gasteiger partial charge in [0.25, 0.3) is 0 Å². The van der Waals surface area contributed by atoms with E-state index in [-0.39, 0.29) is 18.7 Å². The van der Waals surface area contributed by atoms with Crippen molar-refractivity contribution >= 4 is 5.97 Å². The standard InChI is InChI=1S/C9H11NO3/c1-7(11)12-6-9-4-2-3-8(5-10)13-9/h2-3,8-9H,4,6H2,1H3. The molecule has 0 spiro atoms. The molecule has 0 aliphatic carbocycles. The maximum atomic E-state index is 10.5. The number of esters is 1. The van der Waals surface area contributed by atoms with E-state index in [9.17, 15) is 4.79 Å². The minimum Gasteiger partial charge on any atom is -0.463 e. The molecule has 2 atom stereocenters. The molecule has 0 saturated heterocycles. The van der Waals surface area contributed by atoms with Gasteiger partial charge in [-0.25, -0.2) is 0 Å². The predicted octanol–water partition coefficient (Wildman–Crippen LogP) is 0.787. The van der Waals surface area contributed by atoms with Crippen LogP contribution in [0.25, 0.3) is 0 Å². The molecule has 4 nitrogen and oxygen atoms in total. The summed E-state index contributed by atoms with van der Waals surface area (Å²) in [6, 6.07) is 1.97. The van der Waals surface area contributed by atoms with Gasteiger partial charge in [-0.15, -0.1) is 0 Å². The van der Waals surface area contributed by atoms with Crippen LogP contribution in [-0.4, -0.2) is 24.8 Å². The molecule has 0 saturated carbocycles. The van der Waals surface area contributed by atoms with Crippen LogP contribution in [0.2, 0.25) is 0 Å². The van der Waals surface area contributed by atoms with Gasteiger partial charge in [-0.05, 0) is 12.5 Å². The Bertz CT molecular complexity index is 254. The Morgan fingerprint density at radius 1 is 1.85 bits per heavy atom. The van der Waals surface area contributed by atoms with Gasteiger partial charge in [0.1, 0.15) is 6.61 Å². The average Bonchev–Trinajstić information content (AvgIpc) is 2.15. The first-order valence-corrected chi connectivity index (χ1v) is 4.07. The molecule has 0 aromatic carbocycles. The Morgan fingerprint density at radius 3 is 3.23 bits per heavy atom. The molecule has 0 aromatic rings. The summed E-state index contributed by atoms with van der Waals surface area (Å²) in [4.78, 5) is 10.5. The van der Waals surface area contributed by atoms with Gasteiger partial charge < -0.3 is 9.47 Å². The van der Waals surface area contributed by atoms with Crippen LogP contribution in [0.3, 0.4) is 0 Å². The largest absolute Gasteiger partial charge is 0.463 e. The number of carbonyl (C=O) groups excluding carboxylic acids is 1. The van der Waals surface area contributed by atoms with Gasteiger partial charge >= 0.3 is 5.97 Å². The molecule has 0 fully saturated rings. The summed E-state index contributed by atoms with van der Waals surface area (Å²) in [6.07, 6.45) is 3.56. The maximum absolute atomic E-state index is 10.5. The highest BCUT2D eigenvalue weighted by atomic mass is 16.6. The van der Waals surface area contributed by atoms with E-state index >= 15 is 0 Å².